The monoisotopic (exact) mass is 329 g/mol. The van der Waals surface area contributed by atoms with Crippen molar-refractivity contribution in [1.29, 1.82) is 0 Å². The highest BCUT2D eigenvalue weighted by Crippen LogP contribution is 2.33. The highest BCUT2D eigenvalue weighted by Gasteiger charge is 2.27. The summed E-state index contributed by atoms with van der Waals surface area (Å²) in [6.07, 6.45) is 1.70. The number of fused-ring (bicyclic) bond motifs is 1. The molecular weight excluding hydrogens is 314 g/mol. The number of hydrogen-bond donors (Lipinski definition) is 1. The van der Waals surface area contributed by atoms with Crippen LogP contribution in [0.1, 0.15) is 15.9 Å². The second kappa shape index (κ2) is 6.17. The molecule has 0 aliphatic carbocycles. The highest BCUT2D eigenvalue weighted by molar-refractivity contribution is 6.14. The lowest BCUT2D eigenvalue weighted by molar-refractivity contribution is 0.101. The highest BCUT2D eigenvalue weighted by atomic mass is 16.5. The number of Topliss-reactive ketones (excluding diaryl/α,β-unsaturated/α-hetero) is 1. The number of ether oxygens (including phenoxy) is 2. The fraction of sp³-hybridized carbons (Fsp3) is 0. The molecule has 4 nitrogen and oxygen atoms in total. The summed E-state index contributed by atoms with van der Waals surface area (Å²) in [6.45, 7) is 0. The second-order valence-electron chi connectivity index (χ2n) is 5.68. The molecule has 25 heavy (non-hydrogen) atoms. The van der Waals surface area contributed by atoms with Crippen molar-refractivity contribution in [2.24, 2.45) is 0 Å². The summed E-state index contributed by atoms with van der Waals surface area (Å²) in [7, 11) is 0. The van der Waals surface area contributed by atoms with Crippen LogP contribution in [0.3, 0.4) is 0 Å². The Balaban J connectivity index is 1.60. The van der Waals surface area contributed by atoms with Crippen LogP contribution in [0.4, 0.5) is 5.69 Å². The fourth-order valence-electron chi connectivity index (χ4n) is 2.65. The Kier molecular flexibility index (Phi) is 3.71. The number of allylic oxidation sites excluding steroid dienone is 1. The summed E-state index contributed by atoms with van der Waals surface area (Å²) < 4.78 is 11.5. The van der Waals surface area contributed by atoms with Crippen LogP contribution in [0.15, 0.2) is 78.6 Å². The molecule has 2 N–H and O–H groups in total. The van der Waals surface area contributed by atoms with Gasteiger partial charge in [0.25, 0.3) is 0 Å². The average Bonchev–Trinajstić information content (AvgIpc) is 2.92. The van der Waals surface area contributed by atoms with Gasteiger partial charge in [-0.1, -0.05) is 30.3 Å². The number of ketones is 1. The number of nitrogen functional groups attached to an aromatic ring is 1. The molecule has 0 atom stereocenters. The quantitative estimate of drug-likeness (QED) is 0.560. The molecule has 1 aliphatic heterocycles. The number of rotatable bonds is 3. The zero-order valence-electron chi connectivity index (χ0n) is 13.3. The SMILES string of the molecule is Nc1ccc2c(c1)C(=O)/C(=C/c1cccc(Oc3ccccc3)c1)O2. The van der Waals surface area contributed by atoms with Crippen LogP contribution in [-0.2, 0) is 0 Å². The molecule has 0 unspecified atom stereocenters. The van der Waals surface area contributed by atoms with Crippen LogP contribution in [0.25, 0.3) is 6.08 Å². The van der Waals surface area contributed by atoms with Crippen LogP contribution < -0.4 is 15.2 Å². The second-order valence-corrected chi connectivity index (χ2v) is 5.68. The molecule has 0 spiro atoms. The van der Waals surface area contributed by atoms with Crippen molar-refractivity contribution < 1.29 is 14.3 Å². The van der Waals surface area contributed by atoms with E-state index in [9.17, 15) is 4.79 Å². The van der Waals surface area contributed by atoms with Crippen molar-refractivity contribution in [2.45, 2.75) is 0 Å². The van der Waals surface area contributed by atoms with Crippen molar-refractivity contribution in [3.05, 3.63) is 89.7 Å². The molecule has 3 aromatic carbocycles. The third kappa shape index (κ3) is 3.10. The molecule has 0 saturated heterocycles. The summed E-state index contributed by atoms with van der Waals surface area (Å²) in [6, 6.07) is 22.1. The minimum atomic E-state index is -0.170. The lowest BCUT2D eigenvalue weighted by Crippen LogP contribution is -1.98. The predicted molar refractivity (Wildman–Crippen MR) is 96.7 cm³/mol. The molecule has 0 bridgehead atoms. The lowest BCUT2D eigenvalue weighted by Gasteiger charge is -2.06. The van der Waals surface area contributed by atoms with E-state index in [-0.39, 0.29) is 11.5 Å². The fourth-order valence-corrected chi connectivity index (χ4v) is 2.65. The van der Waals surface area contributed by atoms with E-state index >= 15 is 0 Å². The molecular formula is C21H15NO3. The third-order valence-corrected chi connectivity index (χ3v) is 3.83. The maximum Gasteiger partial charge on any atom is 0.232 e. The van der Waals surface area contributed by atoms with Crippen LogP contribution in [0, 0.1) is 0 Å². The molecule has 122 valence electrons. The van der Waals surface area contributed by atoms with Crippen LogP contribution in [-0.4, -0.2) is 5.78 Å². The third-order valence-electron chi connectivity index (χ3n) is 3.83. The van der Waals surface area contributed by atoms with Gasteiger partial charge in [0.2, 0.25) is 5.78 Å². The van der Waals surface area contributed by atoms with Gasteiger partial charge in [0.15, 0.2) is 5.76 Å². The van der Waals surface area contributed by atoms with E-state index in [1.807, 2.05) is 54.6 Å². The van der Waals surface area contributed by atoms with Gasteiger partial charge in [-0.25, -0.2) is 0 Å². The van der Waals surface area contributed by atoms with Crippen LogP contribution in [0.2, 0.25) is 0 Å². The van der Waals surface area contributed by atoms with E-state index in [1.54, 1.807) is 24.3 Å². The molecule has 0 aromatic heterocycles. The smallest absolute Gasteiger partial charge is 0.232 e. The normalized spacial score (nSPS) is 14.2. The van der Waals surface area contributed by atoms with Gasteiger partial charge in [0.1, 0.15) is 17.2 Å². The van der Waals surface area contributed by atoms with Gasteiger partial charge in [-0.15, -0.1) is 0 Å². The van der Waals surface area contributed by atoms with E-state index in [0.717, 1.165) is 11.3 Å². The van der Waals surface area contributed by atoms with Crippen LogP contribution in [0.5, 0.6) is 17.2 Å². The number of carbonyl (C=O) groups is 1. The Hall–Kier alpha value is -3.53. The van der Waals surface area contributed by atoms with Crippen LogP contribution >= 0.6 is 0 Å². The number of nitrogens with two attached hydrogens (primary N) is 1. The maximum atomic E-state index is 12.4. The summed E-state index contributed by atoms with van der Waals surface area (Å²) in [4.78, 5) is 12.4. The number of para-hydroxylation sites is 1. The number of benzene rings is 3. The Morgan fingerprint density at radius 2 is 1.68 bits per heavy atom. The zero-order chi connectivity index (χ0) is 17.2. The maximum absolute atomic E-state index is 12.4. The van der Waals surface area contributed by atoms with Gasteiger partial charge < -0.3 is 15.2 Å². The minimum absolute atomic E-state index is 0.170. The largest absolute Gasteiger partial charge is 0.457 e. The number of carbonyl (C=O) groups excluding carboxylic acids is 1. The molecule has 1 heterocycles. The summed E-state index contributed by atoms with van der Waals surface area (Å²) in [5.41, 5.74) is 7.58. The first kappa shape index (κ1) is 15.0. The first-order valence-corrected chi connectivity index (χ1v) is 7.86. The topological polar surface area (TPSA) is 61.6 Å². The van der Waals surface area contributed by atoms with Crippen molar-refractivity contribution in [3.63, 3.8) is 0 Å². The van der Waals surface area contributed by atoms with E-state index < -0.39 is 0 Å². The summed E-state index contributed by atoms with van der Waals surface area (Å²) >= 11 is 0. The van der Waals surface area contributed by atoms with E-state index in [2.05, 4.69) is 0 Å². The Labute approximate surface area is 145 Å². The van der Waals surface area contributed by atoms with E-state index in [1.165, 1.54) is 0 Å². The van der Waals surface area contributed by atoms with Crippen molar-refractivity contribution >= 4 is 17.5 Å². The molecule has 0 saturated carbocycles. The summed E-state index contributed by atoms with van der Waals surface area (Å²) in [5, 5.41) is 0. The molecule has 0 amide bonds. The molecule has 4 heteroatoms. The number of anilines is 1. The van der Waals surface area contributed by atoms with Gasteiger partial charge in [0, 0.05) is 5.69 Å². The zero-order valence-corrected chi connectivity index (χ0v) is 13.3. The predicted octanol–water partition coefficient (Wildman–Crippen LogP) is 4.68. The average molecular weight is 329 g/mol. The van der Waals surface area contributed by atoms with E-state index in [4.69, 9.17) is 15.2 Å². The Bertz CT molecular complexity index is 977. The van der Waals surface area contributed by atoms with E-state index in [0.29, 0.717) is 22.7 Å². The van der Waals surface area contributed by atoms with Gasteiger partial charge >= 0.3 is 0 Å². The first-order chi connectivity index (χ1) is 12.2. The number of hydrogen-bond acceptors (Lipinski definition) is 4. The Morgan fingerprint density at radius 1 is 0.880 bits per heavy atom. The molecule has 0 radical (unpaired) electrons. The van der Waals surface area contributed by atoms with Crippen molar-refractivity contribution in [1.82, 2.24) is 0 Å². The summed E-state index contributed by atoms with van der Waals surface area (Å²) in [5.74, 6) is 2.08. The molecule has 1 aliphatic rings. The Morgan fingerprint density at radius 3 is 2.52 bits per heavy atom. The minimum Gasteiger partial charge on any atom is -0.457 e. The molecule has 4 rings (SSSR count). The lowest BCUT2D eigenvalue weighted by atomic mass is 10.1. The molecule has 0 fully saturated rings. The van der Waals surface area contributed by atoms with Crippen molar-refractivity contribution in [2.75, 3.05) is 5.73 Å². The van der Waals surface area contributed by atoms with Gasteiger partial charge in [0.05, 0.1) is 5.56 Å². The standard InChI is InChI=1S/C21H15NO3/c22-15-9-10-19-18(13-15)21(23)20(25-19)12-14-5-4-8-17(11-14)24-16-6-2-1-3-7-16/h1-13H,22H2/b20-12-. The first-order valence-electron chi connectivity index (χ1n) is 7.86. The van der Waals surface area contributed by atoms with Gasteiger partial charge in [-0.2, -0.15) is 0 Å². The van der Waals surface area contributed by atoms with Gasteiger partial charge in [-0.3, -0.25) is 4.79 Å². The molecule has 3 aromatic rings. The van der Waals surface area contributed by atoms with Gasteiger partial charge in [-0.05, 0) is 54.1 Å². The van der Waals surface area contributed by atoms with Crippen molar-refractivity contribution in [3.8, 4) is 17.2 Å².